The lowest BCUT2D eigenvalue weighted by Crippen LogP contribution is -2.54. The van der Waals surface area contributed by atoms with E-state index < -0.39 is 0 Å². The van der Waals surface area contributed by atoms with Crippen molar-refractivity contribution >= 4 is 29.4 Å². The van der Waals surface area contributed by atoms with Crippen LogP contribution < -0.4 is 5.32 Å². The van der Waals surface area contributed by atoms with Crippen LogP contribution in [0.2, 0.25) is 0 Å². The monoisotopic (exact) mass is 437 g/mol. The number of benzene rings is 2. The number of hydrogen-bond donors (Lipinski definition) is 1. The summed E-state index contributed by atoms with van der Waals surface area (Å²) in [6.07, 6.45) is 3.97. The molecule has 0 atom stereocenters. The van der Waals surface area contributed by atoms with Crippen molar-refractivity contribution in [3.63, 3.8) is 0 Å². The lowest BCUT2D eigenvalue weighted by atomic mass is 10.0. The summed E-state index contributed by atoms with van der Waals surface area (Å²) >= 11 is 1.89. The van der Waals surface area contributed by atoms with Crippen molar-refractivity contribution in [1.29, 1.82) is 0 Å². The highest BCUT2D eigenvalue weighted by atomic mass is 32.2. The van der Waals surface area contributed by atoms with Crippen LogP contribution in [-0.4, -0.2) is 52.0 Å². The number of amides is 3. The molecule has 31 heavy (non-hydrogen) atoms. The SMILES string of the molecule is CCc1ccc(NC(=O)N2CCC3(CC2)SCCN3C(=O)CCc2ccccc2)cc1. The Kier molecular flexibility index (Phi) is 6.86. The summed E-state index contributed by atoms with van der Waals surface area (Å²) in [5, 5.41) is 3.01. The fourth-order valence-corrected chi connectivity index (χ4v) is 5.97. The molecule has 2 aliphatic rings. The maximum absolute atomic E-state index is 13.0. The van der Waals surface area contributed by atoms with Crippen LogP contribution in [0.4, 0.5) is 10.5 Å². The Morgan fingerprint density at radius 1 is 0.968 bits per heavy atom. The van der Waals surface area contributed by atoms with Crippen LogP contribution in [0.5, 0.6) is 0 Å². The quantitative estimate of drug-likeness (QED) is 0.732. The van der Waals surface area contributed by atoms with Crippen molar-refractivity contribution in [2.75, 3.05) is 30.7 Å². The molecule has 2 aromatic rings. The molecule has 2 aromatic carbocycles. The normalized spacial score (nSPS) is 17.7. The van der Waals surface area contributed by atoms with Crippen LogP contribution in [0, 0.1) is 0 Å². The standard InChI is InChI=1S/C25H31N3O2S/c1-2-20-8-11-22(12-9-20)26-24(30)27-16-14-25(15-17-27)28(18-19-31-25)23(29)13-10-21-6-4-3-5-7-21/h3-9,11-12H,2,10,13-19H2,1H3,(H,26,30). The van der Waals surface area contributed by atoms with E-state index in [0.29, 0.717) is 19.5 Å². The van der Waals surface area contributed by atoms with Gasteiger partial charge in [-0.2, -0.15) is 0 Å². The smallest absolute Gasteiger partial charge is 0.321 e. The largest absolute Gasteiger partial charge is 0.327 e. The van der Waals surface area contributed by atoms with Gasteiger partial charge >= 0.3 is 6.03 Å². The Labute approximate surface area is 189 Å². The van der Waals surface area contributed by atoms with Gasteiger partial charge in [0.1, 0.15) is 0 Å². The van der Waals surface area contributed by atoms with Crippen LogP contribution in [0.15, 0.2) is 54.6 Å². The molecule has 4 rings (SSSR count). The van der Waals surface area contributed by atoms with Gasteiger partial charge in [0.2, 0.25) is 5.91 Å². The van der Waals surface area contributed by atoms with Crippen molar-refractivity contribution in [3.05, 3.63) is 65.7 Å². The molecule has 0 aliphatic carbocycles. The molecule has 3 amide bonds. The first-order valence-electron chi connectivity index (χ1n) is 11.2. The molecule has 2 saturated heterocycles. The molecule has 0 saturated carbocycles. The van der Waals surface area contributed by atoms with Crippen LogP contribution >= 0.6 is 11.8 Å². The Balaban J connectivity index is 1.31. The number of anilines is 1. The summed E-state index contributed by atoms with van der Waals surface area (Å²) < 4.78 is 0. The Morgan fingerprint density at radius 3 is 2.35 bits per heavy atom. The van der Waals surface area contributed by atoms with Crippen LogP contribution in [0.1, 0.15) is 37.3 Å². The minimum Gasteiger partial charge on any atom is -0.327 e. The molecule has 2 aliphatic heterocycles. The molecule has 6 heteroatoms. The van der Waals surface area contributed by atoms with Crippen molar-refractivity contribution in [2.24, 2.45) is 0 Å². The fourth-order valence-electron chi connectivity index (χ4n) is 4.49. The lowest BCUT2D eigenvalue weighted by Gasteiger charge is -2.44. The van der Waals surface area contributed by atoms with E-state index in [2.05, 4.69) is 41.4 Å². The highest BCUT2D eigenvalue weighted by Gasteiger charge is 2.46. The Morgan fingerprint density at radius 2 is 1.68 bits per heavy atom. The second-order valence-electron chi connectivity index (χ2n) is 8.29. The first kappa shape index (κ1) is 21.8. The predicted octanol–water partition coefficient (Wildman–Crippen LogP) is 4.78. The Bertz CT molecular complexity index is 893. The van der Waals surface area contributed by atoms with E-state index in [1.54, 1.807) is 0 Å². The van der Waals surface area contributed by atoms with Gasteiger partial charge in [-0.15, -0.1) is 11.8 Å². The Hall–Kier alpha value is -2.47. The number of aryl methyl sites for hydroxylation is 2. The number of piperidine rings is 1. The second kappa shape index (κ2) is 9.77. The van der Waals surface area contributed by atoms with Gasteiger partial charge in [0, 0.05) is 37.5 Å². The van der Waals surface area contributed by atoms with Crippen molar-refractivity contribution in [1.82, 2.24) is 9.80 Å². The third kappa shape index (κ3) is 5.06. The van der Waals surface area contributed by atoms with E-state index in [0.717, 1.165) is 43.7 Å². The molecule has 0 bridgehead atoms. The van der Waals surface area contributed by atoms with Crippen molar-refractivity contribution in [3.8, 4) is 0 Å². The molecule has 1 N–H and O–H groups in total. The van der Waals surface area contributed by atoms with Crippen LogP contribution in [0.25, 0.3) is 0 Å². The van der Waals surface area contributed by atoms with Crippen LogP contribution in [0.3, 0.4) is 0 Å². The minimum absolute atomic E-state index is 0.0518. The predicted molar refractivity (Wildman–Crippen MR) is 127 cm³/mol. The number of urea groups is 1. The van der Waals surface area contributed by atoms with E-state index in [4.69, 9.17) is 0 Å². The molecule has 0 aromatic heterocycles. The summed E-state index contributed by atoms with van der Waals surface area (Å²) in [7, 11) is 0. The van der Waals surface area contributed by atoms with Gasteiger partial charge < -0.3 is 15.1 Å². The lowest BCUT2D eigenvalue weighted by molar-refractivity contribution is -0.134. The fraction of sp³-hybridized carbons (Fsp3) is 0.440. The molecular weight excluding hydrogens is 406 g/mol. The van der Waals surface area contributed by atoms with Gasteiger partial charge in [-0.1, -0.05) is 49.4 Å². The van der Waals surface area contributed by atoms with E-state index in [-0.39, 0.29) is 16.8 Å². The number of thioether (sulfide) groups is 1. The van der Waals surface area contributed by atoms with Gasteiger partial charge in [0.25, 0.3) is 0 Å². The summed E-state index contributed by atoms with van der Waals surface area (Å²) in [4.78, 5) is 29.6. The van der Waals surface area contributed by atoms with E-state index in [9.17, 15) is 9.59 Å². The molecule has 0 unspecified atom stereocenters. The summed E-state index contributed by atoms with van der Waals surface area (Å²) in [5.74, 6) is 1.22. The highest BCUT2D eigenvalue weighted by molar-refractivity contribution is 8.00. The number of carbonyl (C=O) groups excluding carboxylic acids is 2. The summed E-state index contributed by atoms with van der Waals surface area (Å²) in [6, 6.07) is 18.2. The average Bonchev–Trinajstić information content (AvgIpc) is 3.22. The summed E-state index contributed by atoms with van der Waals surface area (Å²) in [5.41, 5.74) is 3.29. The first-order valence-corrected chi connectivity index (χ1v) is 12.2. The highest BCUT2D eigenvalue weighted by Crippen LogP contribution is 2.44. The second-order valence-corrected chi connectivity index (χ2v) is 9.75. The number of nitrogens with zero attached hydrogens (tertiary/aromatic N) is 2. The van der Waals surface area contributed by atoms with Gasteiger partial charge in [0.05, 0.1) is 4.87 Å². The van der Waals surface area contributed by atoms with E-state index in [1.807, 2.05) is 47.0 Å². The first-order chi connectivity index (χ1) is 15.1. The third-order valence-electron chi connectivity index (χ3n) is 6.39. The average molecular weight is 438 g/mol. The van der Waals surface area contributed by atoms with E-state index >= 15 is 0 Å². The van der Waals surface area contributed by atoms with Crippen LogP contribution in [-0.2, 0) is 17.6 Å². The topological polar surface area (TPSA) is 52.7 Å². The van der Waals surface area contributed by atoms with Gasteiger partial charge in [-0.25, -0.2) is 4.79 Å². The van der Waals surface area contributed by atoms with Gasteiger partial charge in [0.15, 0.2) is 0 Å². The number of carbonyl (C=O) groups is 2. The zero-order valence-electron chi connectivity index (χ0n) is 18.2. The van der Waals surface area contributed by atoms with Crippen molar-refractivity contribution < 1.29 is 9.59 Å². The molecule has 1 spiro atoms. The number of nitrogens with one attached hydrogen (secondary N) is 1. The third-order valence-corrected chi connectivity index (χ3v) is 7.95. The number of hydrogen-bond acceptors (Lipinski definition) is 3. The maximum atomic E-state index is 13.0. The number of likely N-dealkylation sites (tertiary alicyclic amines) is 1. The van der Waals surface area contributed by atoms with Crippen molar-refractivity contribution in [2.45, 2.75) is 43.9 Å². The molecule has 2 fully saturated rings. The molecule has 0 radical (unpaired) electrons. The number of rotatable bonds is 5. The zero-order chi connectivity index (χ0) is 21.7. The summed E-state index contributed by atoms with van der Waals surface area (Å²) in [6.45, 7) is 4.28. The zero-order valence-corrected chi connectivity index (χ0v) is 19.0. The maximum Gasteiger partial charge on any atom is 0.321 e. The molecule has 164 valence electrons. The van der Waals surface area contributed by atoms with Gasteiger partial charge in [-0.05, 0) is 48.9 Å². The molecular formula is C25H31N3O2S. The molecule has 5 nitrogen and oxygen atoms in total. The van der Waals surface area contributed by atoms with Gasteiger partial charge in [-0.3, -0.25) is 4.79 Å². The molecule has 2 heterocycles. The minimum atomic E-state index is -0.146. The van der Waals surface area contributed by atoms with E-state index in [1.165, 1.54) is 11.1 Å².